The van der Waals surface area contributed by atoms with E-state index in [1.165, 1.54) is 0 Å². The topological polar surface area (TPSA) is 56.3 Å². The Kier molecular flexibility index (Phi) is 3.62. The molecule has 2 aromatic heterocycles. The van der Waals surface area contributed by atoms with E-state index >= 15 is 0 Å². The molecular formula is C15H15N3O2S. The van der Waals surface area contributed by atoms with Crippen molar-refractivity contribution < 1.29 is 9.47 Å². The molecular weight excluding hydrogens is 286 g/mol. The normalized spacial score (nSPS) is 10.6. The van der Waals surface area contributed by atoms with Gasteiger partial charge in [-0.15, -0.1) is 11.3 Å². The van der Waals surface area contributed by atoms with Crippen LogP contribution in [0.1, 0.15) is 5.82 Å². The van der Waals surface area contributed by atoms with Gasteiger partial charge in [-0.05, 0) is 18.4 Å². The summed E-state index contributed by atoms with van der Waals surface area (Å²) in [5.41, 5.74) is 1.81. The molecule has 3 aromatic rings. The smallest absolute Gasteiger partial charge is 0.152 e. The molecule has 1 aromatic carbocycles. The predicted octanol–water partition coefficient (Wildman–Crippen LogP) is 3.76. The number of fused-ring (bicyclic) bond motifs is 1. The molecule has 0 bridgehead atoms. The Bertz CT molecular complexity index is 763. The van der Waals surface area contributed by atoms with Gasteiger partial charge in [0.2, 0.25) is 0 Å². The van der Waals surface area contributed by atoms with Gasteiger partial charge < -0.3 is 14.8 Å². The Balaban J connectivity index is 2.03. The lowest BCUT2D eigenvalue weighted by molar-refractivity contribution is 0.395. The molecule has 2 heterocycles. The van der Waals surface area contributed by atoms with Crippen LogP contribution in [-0.4, -0.2) is 24.2 Å². The molecule has 0 spiro atoms. The van der Waals surface area contributed by atoms with Crippen LogP contribution in [0.25, 0.3) is 10.2 Å². The summed E-state index contributed by atoms with van der Waals surface area (Å²) in [4.78, 5) is 8.90. The van der Waals surface area contributed by atoms with Crippen LogP contribution in [0.4, 0.5) is 11.5 Å². The van der Waals surface area contributed by atoms with Crippen LogP contribution in [0, 0.1) is 6.92 Å². The highest BCUT2D eigenvalue weighted by molar-refractivity contribution is 7.17. The molecule has 0 saturated heterocycles. The second-order valence-electron chi connectivity index (χ2n) is 4.48. The molecule has 5 nitrogen and oxygen atoms in total. The van der Waals surface area contributed by atoms with Crippen LogP contribution >= 0.6 is 11.3 Å². The maximum absolute atomic E-state index is 5.28. The molecule has 1 N–H and O–H groups in total. The molecule has 0 unspecified atom stereocenters. The monoisotopic (exact) mass is 301 g/mol. The minimum Gasteiger partial charge on any atom is -0.497 e. The van der Waals surface area contributed by atoms with E-state index in [0.717, 1.165) is 39.0 Å². The summed E-state index contributed by atoms with van der Waals surface area (Å²) < 4.78 is 11.6. The van der Waals surface area contributed by atoms with Crippen molar-refractivity contribution in [2.45, 2.75) is 6.92 Å². The zero-order chi connectivity index (χ0) is 14.8. The van der Waals surface area contributed by atoms with Crippen molar-refractivity contribution in [3.05, 3.63) is 35.5 Å². The van der Waals surface area contributed by atoms with E-state index in [-0.39, 0.29) is 0 Å². The Morgan fingerprint density at radius 1 is 1.05 bits per heavy atom. The fourth-order valence-electron chi connectivity index (χ4n) is 2.08. The number of aryl methyl sites for hydroxylation is 1. The van der Waals surface area contributed by atoms with E-state index in [0.29, 0.717) is 0 Å². The number of hydrogen-bond donors (Lipinski definition) is 1. The zero-order valence-corrected chi connectivity index (χ0v) is 12.8. The first-order chi connectivity index (χ1) is 10.2. The van der Waals surface area contributed by atoms with E-state index in [1.807, 2.05) is 36.6 Å². The van der Waals surface area contributed by atoms with Crippen molar-refractivity contribution >= 4 is 33.1 Å². The first-order valence-corrected chi connectivity index (χ1v) is 7.29. The van der Waals surface area contributed by atoms with E-state index in [4.69, 9.17) is 9.47 Å². The fourth-order valence-corrected chi connectivity index (χ4v) is 2.86. The summed E-state index contributed by atoms with van der Waals surface area (Å²) in [5.74, 6) is 2.98. The van der Waals surface area contributed by atoms with Crippen molar-refractivity contribution in [1.29, 1.82) is 0 Å². The molecule has 0 aliphatic rings. The standard InChI is InChI=1S/C15H15N3O2S/c1-9-16-13-4-5-21-14(13)15(17-9)18-10-6-11(19-2)8-12(7-10)20-3/h4-8H,1-3H3,(H,16,17,18). The molecule has 108 valence electrons. The zero-order valence-electron chi connectivity index (χ0n) is 12.0. The lowest BCUT2D eigenvalue weighted by Gasteiger charge is -2.11. The summed E-state index contributed by atoms with van der Waals surface area (Å²) in [6, 6.07) is 7.63. The maximum atomic E-state index is 5.28. The van der Waals surface area contributed by atoms with E-state index < -0.39 is 0 Å². The number of ether oxygens (including phenoxy) is 2. The maximum Gasteiger partial charge on any atom is 0.152 e. The summed E-state index contributed by atoms with van der Waals surface area (Å²) in [7, 11) is 3.26. The van der Waals surface area contributed by atoms with Crippen molar-refractivity contribution in [2.75, 3.05) is 19.5 Å². The number of nitrogens with zero attached hydrogens (tertiary/aromatic N) is 2. The van der Waals surface area contributed by atoms with Crippen LogP contribution in [0.15, 0.2) is 29.6 Å². The second-order valence-corrected chi connectivity index (χ2v) is 5.40. The third-order valence-corrected chi connectivity index (χ3v) is 3.94. The number of thiophene rings is 1. The average Bonchev–Trinajstić information content (AvgIpc) is 2.95. The van der Waals surface area contributed by atoms with Crippen molar-refractivity contribution in [2.24, 2.45) is 0 Å². The van der Waals surface area contributed by atoms with Gasteiger partial charge >= 0.3 is 0 Å². The predicted molar refractivity (Wildman–Crippen MR) is 85.0 cm³/mol. The van der Waals surface area contributed by atoms with Crippen LogP contribution < -0.4 is 14.8 Å². The second kappa shape index (κ2) is 5.57. The molecule has 6 heteroatoms. The fraction of sp³-hybridized carbons (Fsp3) is 0.200. The lowest BCUT2D eigenvalue weighted by Crippen LogP contribution is -1.98. The highest BCUT2D eigenvalue weighted by Gasteiger charge is 2.09. The minimum atomic E-state index is 0.727. The highest BCUT2D eigenvalue weighted by atomic mass is 32.1. The Morgan fingerprint density at radius 2 is 1.76 bits per heavy atom. The molecule has 21 heavy (non-hydrogen) atoms. The van der Waals surface area contributed by atoms with Crippen LogP contribution in [0.5, 0.6) is 11.5 Å². The molecule has 0 aliphatic carbocycles. The summed E-state index contributed by atoms with van der Waals surface area (Å²) >= 11 is 1.61. The van der Waals surface area contributed by atoms with Gasteiger partial charge in [0.15, 0.2) is 5.82 Å². The number of rotatable bonds is 4. The van der Waals surface area contributed by atoms with Gasteiger partial charge in [-0.3, -0.25) is 0 Å². The molecule has 0 radical (unpaired) electrons. The molecule has 3 rings (SSSR count). The summed E-state index contributed by atoms with van der Waals surface area (Å²) in [6.07, 6.45) is 0. The quantitative estimate of drug-likeness (QED) is 0.795. The average molecular weight is 301 g/mol. The number of anilines is 2. The Labute approximate surface area is 126 Å². The van der Waals surface area contributed by atoms with Gasteiger partial charge in [-0.1, -0.05) is 0 Å². The van der Waals surface area contributed by atoms with Gasteiger partial charge in [0.25, 0.3) is 0 Å². The number of hydrogen-bond acceptors (Lipinski definition) is 6. The van der Waals surface area contributed by atoms with Gasteiger partial charge in [0.1, 0.15) is 17.3 Å². The van der Waals surface area contributed by atoms with Crippen molar-refractivity contribution in [1.82, 2.24) is 9.97 Å². The third kappa shape index (κ3) is 2.75. The molecule has 0 saturated carbocycles. The first-order valence-electron chi connectivity index (χ1n) is 6.41. The van der Waals surface area contributed by atoms with Crippen LogP contribution in [0.3, 0.4) is 0 Å². The minimum absolute atomic E-state index is 0.727. The molecule has 0 amide bonds. The molecule has 0 atom stereocenters. The summed E-state index contributed by atoms with van der Waals surface area (Å²) in [6.45, 7) is 1.88. The Morgan fingerprint density at radius 3 is 2.43 bits per heavy atom. The van der Waals surface area contributed by atoms with Crippen LogP contribution in [-0.2, 0) is 0 Å². The molecule has 0 fully saturated rings. The van der Waals surface area contributed by atoms with E-state index in [2.05, 4.69) is 15.3 Å². The number of nitrogens with one attached hydrogen (secondary N) is 1. The number of aromatic nitrogens is 2. The van der Waals surface area contributed by atoms with Gasteiger partial charge in [-0.25, -0.2) is 9.97 Å². The summed E-state index contributed by atoms with van der Waals surface area (Å²) in [5, 5.41) is 5.33. The van der Waals surface area contributed by atoms with E-state index in [9.17, 15) is 0 Å². The molecule has 0 aliphatic heterocycles. The number of benzene rings is 1. The SMILES string of the molecule is COc1cc(Nc2nc(C)nc3ccsc23)cc(OC)c1. The highest BCUT2D eigenvalue weighted by Crippen LogP contribution is 2.31. The van der Waals surface area contributed by atoms with E-state index in [1.54, 1.807) is 25.6 Å². The first kappa shape index (κ1) is 13.6. The largest absolute Gasteiger partial charge is 0.497 e. The van der Waals surface area contributed by atoms with Crippen molar-refractivity contribution in [3.63, 3.8) is 0 Å². The van der Waals surface area contributed by atoms with Gasteiger partial charge in [-0.2, -0.15) is 0 Å². The van der Waals surface area contributed by atoms with Gasteiger partial charge in [0, 0.05) is 23.9 Å². The van der Waals surface area contributed by atoms with Crippen LogP contribution in [0.2, 0.25) is 0 Å². The third-order valence-electron chi connectivity index (χ3n) is 3.03. The van der Waals surface area contributed by atoms with Crippen molar-refractivity contribution in [3.8, 4) is 11.5 Å². The van der Waals surface area contributed by atoms with Gasteiger partial charge in [0.05, 0.1) is 24.4 Å². The number of methoxy groups -OCH3 is 2. The lowest BCUT2D eigenvalue weighted by atomic mass is 10.2. The Hall–Kier alpha value is -2.34.